The average molecular weight is 371 g/mol. The number of hydrogen-bond acceptors (Lipinski definition) is 6. The Hall–Kier alpha value is -2.38. The maximum absolute atomic E-state index is 12.7. The van der Waals surface area contributed by atoms with Crippen molar-refractivity contribution in [2.24, 2.45) is 0 Å². The van der Waals surface area contributed by atoms with E-state index in [0.717, 1.165) is 11.1 Å². The maximum Gasteiger partial charge on any atom is 0.234 e. The van der Waals surface area contributed by atoms with Crippen molar-refractivity contribution in [1.29, 1.82) is 0 Å². The monoisotopic (exact) mass is 370 g/mol. The summed E-state index contributed by atoms with van der Waals surface area (Å²) in [5.41, 5.74) is 7.68. The summed E-state index contributed by atoms with van der Waals surface area (Å²) in [5.74, 6) is -0.0588. The van der Waals surface area contributed by atoms with Crippen molar-refractivity contribution in [3.8, 4) is 0 Å². The number of nitrogens with two attached hydrogens (primary N) is 1. The fourth-order valence-electron chi connectivity index (χ4n) is 2.38. The van der Waals surface area contributed by atoms with E-state index in [-0.39, 0.29) is 17.2 Å². The van der Waals surface area contributed by atoms with Crippen LogP contribution in [0.5, 0.6) is 0 Å². The fourth-order valence-corrected chi connectivity index (χ4v) is 4.17. The van der Waals surface area contributed by atoms with Crippen molar-refractivity contribution >= 4 is 34.1 Å². The number of rotatable bonds is 6. The molecule has 1 atom stereocenters. The molecule has 0 fully saturated rings. The zero-order valence-electron chi connectivity index (χ0n) is 13.6. The highest BCUT2D eigenvalue weighted by Gasteiger charge is 2.22. The lowest BCUT2D eigenvalue weighted by Gasteiger charge is -2.21. The largest absolute Gasteiger partial charge is 0.374 e. The molecule has 0 spiro atoms. The van der Waals surface area contributed by atoms with Crippen LogP contribution in [0.2, 0.25) is 0 Å². The molecule has 1 amide bonds. The van der Waals surface area contributed by atoms with Crippen LogP contribution in [0, 0.1) is 0 Å². The Labute approximate surface area is 154 Å². The number of thioether (sulfide) groups is 1. The van der Waals surface area contributed by atoms with Crippen LogP contribution in [0.25, 0.3) is 0 Å². The van der Waals surface area contributed by atoms with Gasteiger partial charge < -0.3 is 11.1 Å². The van der Waals surface area contributed by atoms with Crippen molar-refractivity contribution < 1.29 is 4.79 Å². The van der Waals surface area contributed by atoms with E-state index in [2.05, 4.69) is 15.5 Å². The fraction of sp³-hybridized carbons (Fsp3) is 0.167. The number of amides is 1. The molecule has 128 valence electrons. The van der Waals surface area contributed by atoms with E-state index >= 15 is 0 Å². The van der Waals surface area contributed by atoms with Crippen LogP contribution in [-0.2, 0) is 4.79 Å². The number of aromatic nitrogens is 2. The molecule has 0 bridgehead atoms. The molecule has 0 aliphatic carbocycles. The van der Waals surface area contributed by atoms with Crippen LogP contribution in [0.4, 0.5) is 5.13 Å². The van der Waals surface area contributed by atoms with E-state index in [1.807, 2.05) is 67.6 Å². The SMILES string of the molecule is CC(Sc1nnc(N)s1)C(=O)NC(c1ccccc1)c1ccccc1. The van der Waals surface area contributed by atoms with Crippen LogP contribution in [0.15, 0.2) is 65.0 Å². The van der Waals surface area contributed by atoms with Crippen LogP contribution >= 0.6 is 23.1 Å². The zero-order chi connectivity index (χ0) is 17.6. The normalized spacial score (nSPS) is 12.1. The predicted molar refractivity (Wildman–Crippen MR) is 103 cm³/mol. The lowest BCUT2D eigenvalue weighted by molar-refractivity contribution is -0.120. The highest BCUT2D eigenvalue weighted by atomic mass is 32.2. The van der Waals surface area contributed by atoms with Crippen LogP contribution in [0.3, 0.4) is 0 Å². The van der Waals surface area contributed by atoms with Gasteiger partial charge in [0.25, 0.3) is 0 Å². The zero-order valence-corrected chi connectivity index (χ0v) is 15.3. The molecule has 1 aromatic heterocycles. The number of anilines is 1. The highest BCUT2D eigenvalue weighted by molar-refractivity contribution is 8.02. The third kappa shape index (κ3) is 4.58. The van der Waals surface area contributed by atoms with Gasteiger partial charge in [-0.05, 0) is 18.1 Å². The van der Waals surface area contributed by atoms with Crippen LogP contribution < -0.4 is 11.1 Å². The first-order valence-corrected chi connectivity index (χ1v) is 9.49. The van der Waals surface area contributed by atoms with Gasteiger partial charge in [-0.1, -0.05) is 83.8 Å². The molecule has 1 heterocycles. The minimum atomic E-state index is -0.303. The highest BCUT2D eigenvalue weighted by Crippen LogP contribution is 2.29. The minimum absolute atomic E-state index is 0.0588. The smallest absolute Gasteiger partial charge is 0.234 e. The summed E-state index contributed by atoms with van der Waals surface area (Å²) in [6.45, 7) is 1.85. The number of carbonyl (C=O) groups excluding carboxylic acids is 1. The van der Waals surface area contributed by atoms with E-state index < -0.39 is 0 Å². The Bertz CT molecular complexity index is 784. The molecular formula is C18H18N4OS2. The molecule has 0 saturated heterocycles. The van der Waals surface area contributed by atoms with Gasteiger partial charge in [-0.2, -0.15) is 0 Å². The standard InChI is InChI=1S/C18H18N4OS2/c1-12(24-18-22-21-17(19)25-18)16(23)20-15(13-8-4-2-5-9-13)14-10-6-3-7-11-14/h2-12,15H,1H3,(H2,19,21)(H,20,23). The molecule has 3 N–H and O–H groups in total. The Morgan fingerprint density at radius 1 is 1.04 bits per heavy atom. The number of hydrogen-bond donors (Lipinski definition) is 2. The summed E-state index contributed by atoms with van der Waals surface area (Å²) < 4.78 is 0.691. The molecule has 3 rings (SSSR count). The van der Waals surface area contributed by atoms with E-state index in [9.17, 15) is 4.79 Å². The summed E-state index contributed by atoms with van der Waals surface area (Å²) in [5, 5.41) is 11.0. The van der Waals surface area contributed by atoms with Gasteiger partial charge >= 0.3 is 0 Å². The summed E-state index contributed by atoms with van der Waals surface area (Å²) in [7, 11) is 0. The molecule has 0 aliphatic heterocycles. The summed E-state index contributed by atoms with van der Waals surface area (Å²) in [6, 6.07) is 19.7. The van der Waals surface area contributed by atoms with E-state index in [1.54, 1.807) is 0 Å². The Morgan fingerprint density at radius 2 is 1.60 bits per heavy atom. The number of nitrogens with zero attached hydrogens (tertiary/aromatic N) is 2. The third-order valence-electron chi connectivity index (χ3n) is 3.62. The number of carbonyl (C=O) groups is 1. The van der Waals surface area contributed by atoms with Crippen molar-refractivity contribution in [2.75, 3.05) is 5.73 Å². The second-order valence-electron chi connectivity index (χ2n) is 5.43. The second kappa shape index (κ2) is 8.13. The van der Waals surface area contributed by atoms with E-state index in [1.165, 1.54) is 23.1 Å². The number of nitrogens with one attached hydrogen (secondary N) is 1. The van der Waals surface area contributed by atoms with Gasteiger partial charge in [-0.25, -0.2) is 0 Å². The van der Waals surface area contributed by atoms with Gasteiger partial charge in [0, 0.05) is 0 Å². The Balaban J connectivity index is 1.76. The van der Waals surface area contributed by atoms with Crippen LogP contribution in [-0.4, -0.2) is 21.4 Å². The average Bonchev–Trinajstić information content (AvgIpc) is 3.05. The topological polar surface area (TPSA) is 80.9 Å². The molecule has 3 aromatic rings. The lowest BCUT2D eigenvalue weighted by atomic mass is 9.98. The number of benzene rings is 2. The Morgan fingerprint density at radius 3 is 2.08 bits per heavy atom. The number of nitrogen functional groups attached to an aromatic ring is 1. The third-order valence-corrected chi connectivity index (χ3v) is 5.56. The van der Waals surface area contributed by atoms with Gasteiger partial charge in [-0.15, -0.1) is 10.2 Å². The van der Waals surface area contributed by atoms with Crippen molar-refractivity contribution in [3.63, 3.8) is 0 Å². The second-order valence-corrected chi connectivity index (χ2v) is 8.03. The predicted octanol–water partition coefficient (Wildman–Crippen LogP) is 3.51. The van der Waals surface area contributed by atoms with Gasteiger partial charge in [0.15, 0.2) is 4.34 Å². The van der Waals surface area contributed by atoms with E-state index in [0.29, 0.717) is 9.47 Å². The quantitative estimate of drug-likeness (QED) is 0.649. The van der Waals surface area contributed by atoms with Gasteiger partial charge in [0.1, 0.15) is 0 Å². The van der Waals surface area contributed by atoms with Crippen molar-refractivity contribution in [2.45, 2.75) is 22.6 Å². The summed E-state index contributed by atoms with van der Waals surface area (Å²) in [4.78, 5) is 12.7. The molecule has 5 nitrogen and oxygen atoms in total. The summed E-state index contributed by atoms with van der Waals surface area (Å²) in [6.07, 6.45) is 0. The van der Waals surface area contributed by atoms with Gasteiger partial charge in [0.2, 0.25) is 11.0 Å². The molecule has 0 radical (unpaired) electrons. The lowest BCUT2D eigenvalue weighted by Crippen LogP contribution is -2.34. The first kappa shape index (κ1) is 17.4. The van der Waals surface area contributed by atoms with Crippen molar-refractivity contribution in [1.82, 2.24) is 15.5 Å². The molecule has 7 heteroatoms. The summed E-state index contributed by atoms with van der Waals surface area (Å²) >= 11 is 2.64. The molecule has 0 saturated carbocycles. The first-order valence-electron chi connectivity index (χ1n) is 7.79. The molecule has 1 unspecified atom stereocenters. The van der Waals surface area contributed by atoms with Gasteiger partial charge in [0.05, 0.1) is 11.3 Å². The maximum atomic E-state index is 12.7. The molecular weight excluding hydrogens is 352 g/mol. The van der Waals surface area contributed by atoms with E-state index in [4.69, 9.17) is 5.73 Å². The van der Waals surface area contributed by atoms with Crippen molar-refractivity contribution in [3.05, 3.63) is 71.8 Å². The van der Waals surface area contributed by atoms with Crippen LogP contribution in [0.1, 0.15) is 24.1 Å². The molecule has 2 aromatic carbocycles. The Kier molecular flexibility index (Phi) is 5.67. The first-order chi connectivity index (χ1) is 12.1. The van der Waals surface area contributed by atoms with Gasteiger partial charge in [-0.3, -0.25) is 4.79 Å². The molecule has 0 aliphatic rings. The molecule has 25 heavy (non-hydrogen) atoms. The minimum Gasteiger partial charge on any atom is -0.374 e.